The summed E-state index contributed by atoms with van der Waals surface area (Å²) in [6, 6.07) is 7.08. The molecule has 0 saturated heterocycles. The van der Waals surface area contributed by atoms with E-state index < -0.39 is 29.2 Å². The first kappa shape index (κ1) is 18.3. The van der Waals surface area contributed by atoms with E-state index in [1.807, 2.05) is 0 Å². The van der Waals surface area contributed by atoms with Gasteiger partial charge in [-0.05, 0) is 36.8 Å². The van der Waals surface area contributed by atoms with Gasteiger partial charge in [-0.2, -0.15) is 0 Å². The van der Waals surface area contributed by atoms with Gasteiger partial charge >= 0.3 is 5.97 Å². The monoisotopic (exact) mass is 366 g/mol. The molecule has 7 nitrogen and oxygen atoms in total. The summed E-state index contributed by atoms with van der Waals surface area (Å²) in [5.41, 5.74) is 0.664. The molecule has 2 aromatic carbocycles. The van der Waals surface area contributed by atoms with Crippen molar-refractivity contribution in [3.05, 3.63) is 68.5 Å². The predicted octanol–water partition coefficient (Wildman–Crippen LogP) is 3.49. The summed E-state index contributed by atoms with van der Waals surface area (Å²) in [6.45, 7) is 0.996. The third-order valence-electron chi connectivity index (χ3n) is 3.18. The summed E-state index contributed by atoms with van der Waals surface area (Å²) in [5, 5.41) is 13.0. The number of rotatable bonds is 5. The third kappa shape index (κ3) is 4.74. The molecule has 2 rings (SSSR count). The van der Waals surface area contributed by atoms with Crippen LogP contribution >= 0.6 is 11.6 Å². The highest BCUT2D eigenvalue weighted by molar-refractivity contribution is 6.33. The number of nitro benzene ring substituents is 1. The average Bonchev–Trinajstić information content (AvgIpc) is 2.54. The smallest absolute Gasteiger partial charge is 0.340 e. The summed E-state index contributed by atoms with van der Waals surface area (Å²) in [6.07, 6.45) is 0. The van der Waals surface area contributed by atoms with Crippen LogP contribution in [0.1, 0.15) is 15.9 Å². The first-order valence-corrected chi connectivity index (χ1v) is 7.33. The van der Waals surface area contributed by atoms with Gasteiger partial charge in [0, 0.05) is 17.8 Å². The second-order valence-corrected chi connectivity index (χ2v) is 5.41. The van der Waals surface area contributed by atoms with Gasteiger partial charge in [-0.3, -0.25) is 14.9 Å². The van der Waals surface area contributed by atoms with Crippen LogP contribution in [0.2, 0.25) is 5.02 Å². The topological polar surface area (TPSA) is 98.5 Å². The van der Waals surface area contributed by atoms with Gasteiger partial charge in [0.25, 0.3) is 11.6 Å². The van der Waals surface area contributed by atoms with Gasteiger partial charge in [0.15, 0.2) is 6.61 Å². The van der Waals surface area contributed by atoms with E-state index in [0.29, 0.717) is 11.3 Å². The van der Waals surface area contributed by atoms with Crippen LogP contribution in [-0.4, -0.2) is 23.4 Å². The number of esters is 1. The largest absolute Gasteiger partial charge is 0.452 e. The maximum atomic E-state index is 12.9. The number of non-ortho nitro benzene ring substituents is 1. The molecule has 0 fully saturated rings. The van der Waals surface area contributed by atoms with E-state index in [1.165, 1.54) is 18.2 Å². The Bertz CT molecular complexity index is 856. The van der Waals surface area contributed by atoms with Crippen molar-refractivity contribution in [3.8, 4) is 0 Å². The van der Waals surface area contributed by atoms with Gasteiger partial charge < -0.3 is 10.1 Å². The maximum absolute atomic E-state index is 12.9. The Kier molecular flexibility index (Phi) is 5.66. The number of nitrogens with zero attached hydrogens (tertiary/aromatic N) is 1. The number of nitro groups is 1. The van der Waals surface area contributed by atoms with E-state index in [2.05, 4.69) is 5.32 Å². The normalized spacial score (nSPS) is 10.2. The molecule has 0 atom stereocenters. The lowest BCUT2D eigenvalue weighted by molar-refractivity contribution is -0.384. The molecule has 9 heteroatoms. The van der Waals surface area contributed by atoms with Crippen LogP contribution in [-0.2, 0) is 9.53 Å². The Morgan fingerprint density at radius 2 is 2.00 bits per heavy atom. The van der Waals surface area contributed by atoms with Gasteiger partial charge in [-0.25, -0.2) is 9.18 Å². The van der Waals surface area contributed by atoms with Crippen molar-refractivity contribution in [2.75, 3.05) is 11.9 Å². The van der Waals surface area contributed by atoms with Gasteiger partial charge in [0.1, 0.15) is 5.82 Å². The van der Waals surface area contributed by atoms with E-state index in [9.17, 15) is 24.1 Å². The highest BCUT2D eigenvalue weighted by Gasteiger charge is 2.15. The molecule has 25 heavy (non-hydrogen) atoms. The van der Waals surface area contributed by atoms with E-state index in [0.717, 1.165) is 18.2 Å². The number of aryl methyl sites for hydroxylation is 1. The maximum Gasteiger partial charge on any atom is 0.340 e. The number of ether oxygens (including phenoxy) is 1. The minimum Gasteiger partial charge on any atom is -0.452 e. The molecular formula is C16H12ClFN2O5. The zero-order chi connectivity index (χ0) is 18.6. The van der Waals surface area contributed by atoms with Crippen LogP contribution in [0.3, 0.4) is 0 Å². The van der Waals surface area contributed by atoms with E-state index in [-0.39, 0.29) is 16.3 Å². The van der Waals surface area contributed by atoms with Crippen LogP contribution in [0.15, 0.2) is 36.4 Å². The Hall–Kier alpha value is -3.00. The lowest BCUT2D eigenvalue weighted by atomic mass is 10.2. The van der Waals surface area contributed by atoms with E-state index >= 15 is 0 Å². The molecule has 0 bridgehead atoms. The van der Waals surface area contributed by atoms with Gasteiger partial charge in [-0.15, -0.1) is 0 Å². The SMILES string of the molecule is Cc1cc([N+](=O)[O-])ccc1NC(=O)COC(=O)c1ccc(F)cc1Cl. The molecule has 0 radical (unpaired) electrons. The minimum atomic E-state index is -0.874. The fraction of sp³-hybridized carbons (Fsp3) is 0.125. The summed E-state index contributed by atoms with van der Waals surface area (Å²) in [4.78, 5) is 33.8. The molecule has 0 aliphatic carbocycles. The number of hydrogen-bond acceptors (Lipinski definition) is 5. The molecule has 130 valence electrons. The fourth-order valence-electron chi connectivity index (χ4n) is 1.95. The van der Waals surface area contributed by atoms with Crippen molar-refractivity contribution >= 4 is 34.9 Å². The number of halogens is 2. The molecule has 0 spiro atoms. The molecule has 0 aliphatic heterocycles. The Labute approximate surface area is 146 Å². The van der Waals surface area contributed by atoms with Crippen LogP contribution in [0.25, 0.3) is 0 Å². The summed E-state index contributed by atoms with van der Waals surface area (Å²) in [7, 11) is 0. The summed E-state index contributed by atoms with van der Waals surface area (Å²) < 4.78 is 17.8. The molecule has 0 aliphatic rings. The number of amides is 1. The van der Waals surface area contributed by atoms with Crippen molar-refractivity contribution in [1.82, 2.24) is 0 Å². The Morgan fingerprint density at radius 1 is 1.28 bits per heavy atom. The standard InChI is InChI=1S/C16H12ClFN2O5/c1-9-6-11(20(23)24)3-5-14(9)19-15(21)8-25-16(22)12-4-2-10(18)7-13(12)17/h2-7H,8H2,1H3,(H,19,21). The average molecular weight is 367 g/mol. The number of benzene rings is 2. The third-order valence-corrected chi connectivity index (χ3v) is 3.49. The van der Waals surface area contributed by atoms with Gasteiger partial charge in [-0.1, -0.05) is 11.6 Å². The zero-order valence-electron chi connectivity index (χ0n) is 12.9. The molecule has 0 saturated carbocycles. The predicted molar refractivity (Wildman–Crippen MR) is 88.2 cm³/mol. The molecule has 0 unspecified atom stereocenters. The second-order valence-electron chi connectivity index (χ2n) is 5.00. The number of carbonyl (C=O) groups excluding carboxylic acids is 2. The Balaban J connectivity index is 1.96. The molecule has 0 aromatic heterocycles. The van der Waals surface area contributed by atoms with Crippen molar-refractivity contribution in [2.24, 2.45) is 0 Å². The summed E-state index contributed by atoms with van der Waals surface area (Å²) in [5.74, 6) is -2.11. The van der Waals surface area contributed by atoms with Crippen LogP contribution in [0.4, 0.5) is 15.8 Å². The first-order chi connectivity index (χ1) is 11.8. The lowest BCUT2D eigenvalue weighted by Gasteiger charge is -2.09. The first-order valence-electron chi connectivity index (χ1n) is 6.95. The highest BCUT2D eigenvalue weighted by Crippen LogP contribution is 2.21. The molecule has 1 amide bonds. The number of nitrogens with one attached hydrogen (secondary N) is 1. The lowest BCUT2D eigenvalue weighted by Crippen LogP contribution is -2.21. The zero-order valence-corrected chi connectivity index (χ0v) is 13.7. The minimum absolute atomic E-state index is 0.0672. The van der Waals surface area contributed by atoms with Crippen molar-refractivity contribution in [1.29, 1.82) is 0 Å². The molecule has 1 N–H and O–H groups in total. The van der Waals surface area contributed by atoms with Crippen LogP contribution in [0.5, 0.6) is 0 Å². The quantitative estimate of drug-likeness (QED) is 0.496. The Morgan fingerprint density at radius 3 is 2.60 bits per heavy atom. The van der Waals surface area contributed by atoms with E-state index in [4.69, 9.17) is 16.3 Å². The van der Waals surface area contributed by atoms with Crippen molar-refractivity contribution in [3.63, 3.8) is 0 Å². The highest BCUT2D eigenvalue weighted by atomic mass is 35.5. The van der Waals surface area contributed by atoms with Crippen LogP contribution < -0.4 is 5.32 Å². The van der Waals surface area contributed by atoms with Gasteiger partial charge in [0.05, 0.1) is 15.5 Å². The van der Waals surface area contributed by atoms with Crippen molar-refractivity contribution in [2.45, 2.75) is 6.92 Å². The molecular weight excluding hydrogens is 355 g/mol. The molecule has 2 aromatic rings. The van der Waals surface area contributed by atoms with E-state index in [1.54, 1.807) is 6.92 Å². The van der Waals surface area contributed by atoms with Gasteiger partial charge in [0.2, 0.25) is 0 Å². The summed E-state index contributed by atoms with van der Waals surface area (Å²) >= 11 is 5.73. The second kappa shape index (κ2) is 7.71. The van der Waals surface area contributed by atoms with Crippen molar-refractivity contribution < 1.29 is 23.6 Å². The number of carbonyl (C=O) groups is 2. The fourth-order valence-corrected chi connectivity index (χ4v) is 2.20. The number of hydrogen-bond donors (Lipinski definition) is 1. The van der Waals surface area contributed by atoms with Crippen LogP contribution in [0, 0.1) is 22.9 Å². The molecule has 0 heterocycles. The number of anilines is 1.